The average Bonchev–Trinajstić information content (AvgIpc) is 2.36. The molecule has 0 fully saturated rings. The molecule has 2 N–H and O–H groups in total. The Bertz CT molecular complexity index is 471. The number of hydrogen-bond acceptors (Lipinski definition) is 5. The molecule has 19 heavy (non-hydrogen) atoms. The van der Waals surface area contributed by atoms with Gasteiger partial charge in [-0.05, 0) is 32.3 Å². The van der Waals surface area contributed by atoms with E-state index in [0.717, 1.165) is 12.1 Å². The molecule has 0 unspecified atom stereocenters. The summed E-state index contributed by atoms with van der Waals surface area (Å²) in [6, 6.07) is 3.31. The van der Waals surface area contributed by atoms with Crippen LogP contribution in [-0.4, -0.2) is 52.0 Å². The summed E-state index contributed by atoms with van der Waals surface area (Å²) in [7, 11) is 0.280. The third-order valence-corrected chi connectivity index (χ3v) is 3.88. The lowest BCUT2D eigenvalue weighted by Crippen LogP contribution is -2.31. The maximum absolute atomic E-state index is 11.9. The molecular formula is C12H22N4O2S. The SMILES string of the molecule is CCNCc1ccc(S(=O)(=O)NCCN(C)C)nc1. The Morgan fingerprint density at radius 3 is 2.58 bits per heavy atom. The number of sulfonamides is 1. The molecule has 0 amide bonds. The molecule has 0 aliphatic heterocycles. The summed E-state index contributed by atoms with van der Waals surface area (Å²) in [5.74, 6) is 0. The monoisotopic (exact) mass is 286 g/mol. The summed E-state index contributed by atoms with van der Waals surface area (Å²) in [5, 5.41) is 3.22. The second-order valence-electron chi connectivity index (χ2n) is 4.49. The second kappa shape index (κ2) is 7.54. The van der Waals surface area contributed by atoms with Crippen LogP contribution in [0, 0.1) is 0 Å². The number of nitrogens with zero attached hydrogens (tertiary/aromatic N) is 2. The van der Waals surface area contributed by atoms with Crippen molar-refractivity contribution in [3.8, 4) is 0 Å². The van der Waals surface area contributed by atoms with E-state index in [9.17, 15) is 8.42 Å². The first-order valence-electron chi connectivity index (χ1n) is 6.25. The third kappa shape index (κ3) is 5.65. The van der Waals surface area contributed by atoms with Crippen LogP contribution in [0.25, 0.3) is 0 Å². The lowest BCUT2D eigenvalue weighted by molar-refractivity contribution is 0.412. The number of aromatic nitrogens is 1. The van der Waals surface area contributed by atoms with Crippen LogP contribution in [0.1, 0.15) is 12.5 Å². The van der Waals surface area contributed by atoms with E-state index in [1.54, 1.807) is 12.3 Å². The molecule has 0 saturated carbocycles. The summed E-state index contributed by atoms with van der Waals surface area (Å²) in [6.07, 6.45) is 1.59. The Morgan fingerprint density at radius 2 is 2.05 bits per heavy atom. The molecule has 108 valence electrons. The minimum atomic E-state index is -3.50. The Morgan fingerprint density at radius 1 is 1.32 bits per heavy atom. The zero-order valence-corrected chi connectivity index (χ0v) is 12.5. The van der Waals surface area contributed by atoms with Crippen molar-refractivity contribution in [2.75, 3.05) is 33.7 Å². The fourth-order valence-electron chi connectivity index (χ4n) is 1.42. The van der Waals surface area contributed by atoms with Gasteiger partial charge in [-0.2, -0.15) is 0 Å². The molecule has 0 bridgehead atoms. The van der Waals surface area contributed by atoms with E-state index in [4.69, 9.17) is 0 Å². The molecular weight excluding hydrogens is 264 g/mol. The fraction of sp³-hybridized carbons (Fsp3) is 0.583. The van der Waals surface area contributed by atoms with Crippen molar-refractivity contribution in [1.29, 1.82) is 0 Å². The van der Waals surface area contributed by atoms with Gasteiger partial charge in [0.1, 0.15) is 0 Å². The highest BCUT2D eigenvalue weighted by atomic mass is 32.2. The zero-order valence-electron chi connectivity index (χ0n) is 11.7. The van der Waals surface area contributed by atoms with Gasteiger partial charge in [0.15, 0.2) is 5.03 Å². The Hall–Kier alpha value is -1.02. The standard InChI is InChI=1S/C12H22N4O2S/c1-4-13-9-11-5-6-12(14-10-11)19(17,18)15-7-8-16(2)3/h5-6,10,13,15H,4,7-9H2,1-3H3. The van der Waals surface area contributed by atoms with Crippen LogP contribution in [-0.2, 0) is 16.6 Å². The fourth-order valence-corrected chi connectivity index (χ4v) is 2.37. The predicted molar refractivity (Wildman–Crippen MR) is 75.4 cm³/mol. The quantitative estimate of drug-likeness (QED) is 0.705. The summed E-state index contributed by atoms with van der Waals surface area (Å²) in [4.78, 5) is 5.91. The van der Waals surface area contributed by atoms with Crippen LogP contribution in [0.3, 0.4) is 0 Å². The number of pyridine rings is 1. The molecule has 0 spiro atoms. The van der Waals surface area contributed by atoms with E-state index in [0.29, 0.717) is 19.6 Å². The van der Waals surface area contributed by atoms with Gasteiger partial charge in [0.05, 0.1) is 0 Å². The van der Waals surface area contributed by atoms with Crippen molar-refractivity contribution in [2.45, 2.75) is 18.5 Å². The molecule has 0 radical (unpaired) electrons. The van der Waals surface area contributed by atoms with Crippen LogP contribution in [0.5, 0.6) is 0 Å². The molecule has 0 aromatic carbocycles. The molecule has 0 saturated heterocycles. The molecule has 1 aromatic heterocycles. The van der Waals surface area contributed by atoms with Gasteiger partial charge in [-0.3, -0.25) is 0 Å². The largest absolute Gasteiger partial charge is 0.313 e. The van der Waals surface area contributed by atoms with E-state index in [2.05, 4.69) is 15.0 Å². The summed E-state index contributed by atoms with van der Waals surface area (Å²) in [6.45, 7) is 4.60. The van der Waals surface area contributed by atoms with Crippen molar-refractivity contribution in [1.82, 2.24) is 19.9 Å². The minimum Gasteiger partial charge on any atom is -0.313 e. The van der Waals surface area contributed by atoms with Gasteiger partial charge in [-0.1, -0.05) is 13.0 Å². The Balaban J connectivity index is 2.63. The van der Waals surface area contributed by atoms with Crippen molar-refractivity contribution < 1.29 is 8.42 Å². The first-order valence-corrected chi connectivity index (χ1v) is 7.74. The van der Waals surface area contributed by atoms with Crippen LogP contribution >= 0.6 is 0 Å². The van der Waals surface area contributed by atoms with Crippen LogP contribution in [0.15, 0.2) is 23.4 Å². The Kier molecular flexibility index (Phi) is 6.36. The number of nitrogens with one attached hydrogen (secondary N) is 2. The molecule has 0 atom stereocenters. The number of likely N-dealkylation sites (N-methyl/N-ethyl adjacent to an activating group) is 1. The topological polar surface area (TPSA) is 74.3 Å². The minimum absolute atomic E-state index is 0.0616. The molecule has 6 nitrogen and oxygen atoms in total. The average molecular weight is 286 g/mol. The summed E-state index contributed by atoms with van der Waals surface area (Å²) in [5.41, 5.74) is 0.967. The predicted octanol–water partition coefficient (Wildman–Crippen LogP) is 0.0310. The Labute approximate surface area is 115 Å². The van der Waals surface area contributed by atoms with Gasteiger partial charge in [-0.15, -0.1) is 0 Å². The summed E-state index contributed by atoms with van der Waals surface area (Å²) < 4.78 is 26.4. The van der Waals surface area contributed by atoms with Crippen LogP contribution < -0.4 is 10.0 Å². The smallest absolute Gasteiger partial charge is 0.258 e. The highest BCUT2D eigenvalue weighted by molar-refractivity contribution is 7.89. The third-order valence-electron chi connectivity index (χ3n) is 2.50. The maximum atomic E-state index is 11.9. The molecule has 0 aliphatic rings. The zero-order chi connectivity index (χ0) is 14.3. The summed E-state index contributed by atoms with van der Waals surface area (Å²) >= 11 is 0. The number of rotatable bonds is 8. The van der Waals surface area contributed by atoms with E-state index < -0.39 is 10.0 Å². The lowest BCUT2D eigenvalue weighted by atomic mass is 10.3. The first kappa shape index (κ1) is 16.0. The van der Waals surface area contributed by atoms with Crippen LogP contribution in [0.4, 0.5) is 0 Å². The second-order valence-corrected chi connectivity index (χ2v) is 6.20. The molecule has 1 heterocycles. The molecule has 1 rings (SSSR count). The van der Waals surface area contributed by atoms with E-state index in [1.807, 2.05) is 25.9 Å². The van der Waals surface area contributed by atoms with Crippen LogP contribution in [0.2, 0.25) is 0 Å². The van der Waals surface area contributed by atoms with Gasteiger partial charge in [0.25, 0.3) is 10.0 Å². The van der Waals surface area contributed by atoms with Gasteiger partial charge in [0.2, 0.25) is 0 Å². The van der Waals surface area contributed by atoms with E-state index in [-0.39, 0.29) is 5.03 Å². The van der Waals surface area contributed by atoms with Crippen molar-refractivity contribution in [3.05, 3.63) is 23.9 Å². The van der Waals surface area contributed by atoms with Crippen molar-refractivity contribution in [2.24, 2.45) is 0 Å². The van der Waals surface area contributed by atoms with Crippen molar-refractivity contribution >= 4 is 10.0 Å². The van der Waals surface area contributed by atoms with Gasteiger partial charge in [0, 0.05) is 25.8 Å². The van der Waals surface area contributed by atoms with E-state index in [1.165, 1.54) is 6.07 Å². The van der Waals surface area contributed by atoms with Crippen molar-refractivity contribution in [3.63, 3.8) is 0 Å². The normalized spacial score (nSPS) is 12.0. The first-order chi connectivity index (χ1) is 8.95. The van der Waals surface area contributed by atoms with E-state index >= 15 is 0 Å². The van der Waals surface area contributed by atoms with Gasteiger partial charge < -0.3 is 10.2 Å². The molecule has 7 heteroatoms. The maximum Gasteiger partial charge on any atom is 0.258 e. The molecule has 1 aromatic rings. The highest BCUT2D eigenvalue weighted by Crippen LogP contribution is 2.06. The number of hydrogen-bond donors (Lipinski definition) is 2. The highest BCUT2D eigenvalue weighted by Gasteiger charge is 2.14. The van der Waals surface area contributed by atoms with Gasteiger partial charge in [-0.25, -0.2) is 18.1 Å². The molecule has 0 aliphatic carbocycles. The van der Waals surface area contributed by atoms with Gasteiger partial charge >= 0.3 is 0 Å². The lowest BCUT2D eigenvalue weighted by Gasteiger charge is -2.10.